The number of carbonyl (C=O) groups is 1. The van der Waals surface area contributed by atoms with Gasteiger partial charge in [0.2, 0.25) is 5.16 Å². The number of aromatic amines is 1. The SMILES string of the molecule is CC(=O)c1sc2nc(CSc3nnnn3Cc3cccs3)[nH]c(=O)c2c1C. The van der Waals surface area contributed by atoms with E-state index in [1.807, 2.05) is 17.5 Å². The number of fused-ring (bicyclic) bond motifs is 1. The summed E-state index contributed by atoms with van der Waals surface area (Å²) in [5.74, 6) is 0.889. The third-order valence-corrected chi connectivity index (χ3v) is 7.01. The largest absolute Gasteiger partial charge is 0.309 e. The molecule has 1 N–H and O–H groups in total. The highest BCUT2D eigenvalue weighted by molar-refractivity contribution is 7.98. The molecule has 0 unspecified atom stereocenters. The molecule has 27 heavy (non-hydrogen) atoms. The number of H-pyrrole nitrogens is 1. The summed E-state index contributed by atoms with van der Waals surface area (Å²) >= 11 is 4.30. The number of hydrogen-bond acceptors (Lipinski definition) is 9. The van der Waals surface area contributed by atoms with Crippen molar-refractivity contribution in [2.75, 3.05) is 0 Å². The molecule has 0 aromatic carbocycles. The van der Waals surface area contributed by atoms with Gasteiger partial charge in [-0.05, 0) is 41.3 Å². The van der Waals surface area contributed by atoms with Crippen molar-refractivity contribution in [1.82, 2.24) is 30.2 Å². The van der Waals surface area contributed by atoms with Crippen LogP contribution in [-0.2, 0) is 12.3 Å². The summed E-state index contributed by atoms with van der Waals surface area (Å²) in [5, 5.41) is 14.9. The molecule has 0 spiro atoms. The minimum Gasteiger partial charge on any atom is -0.309 e. The molecule has 8 nitrogen and oxygen atoms in total. The van der Waals surface area contributed by atoms with Gasteiger partial charge in [-0.25, -0.2) is 9.67 Å². The van der Waals surface area contributed by atoms with Gasteiger partial charge in [0.05, 0.1) is 22.6 Å². The lowest BCUT2D eigenvalue weighted by Gasteiger charge is -2.03. The van der Waals surface area contributed by atoms with Gasteiger partial charge in [-0.3, -0.25) is 9.59 Å². The second kappa shape index (κ2) is 7.33. The average molecular weight is 419 g/mol. The molecule has 11 heteroatoms. The number of nitrogens with zero attached hydrogens (tertiary/aromatic N) is 5. The number of thioether (sulfide) groups is 1. The molecule has 4 aromatic rings. The standard InChI is InChI=1S/C16H14N6O2S3/c1-8-12-14(24)17-11(18-15(12)27-13(8)9(2)23)7-26-16-19-20-21-22(16)6-10-4-3-5-25-10/h3-5H,6-7H2,1-2H3,(H,17,18,24). The monoisotopic (exact) mass is 418 g/mol. The second-order valence-electron chi connectivity index (χ2n) is 5.79. The zero-order valence-electron chi connectivity index (χ0n) is 14.4. The molecule has 0 saturated heterocycles. The molecule has 0 atom stereocenters. The van der Waals surface area contributed by atoms with E-state index < -0.39 is 0 Å². The first kappa shape index (κ1) is 18.0. The van der Waals surface area contributed by atoms with Crippen LogP contribution in [0.3, 0.4) is 0 Å². The molecule has 0 amide bonds. The van der Waals surface area contributed by atoms with Crippen LogP contribution in [0.1, 0.15) is 32.9 Å². The summed E-state index contributed by atoms with van der Waals surface area (Å²) in [4.78, 5) is 33.8. The van der Waals surface area contributed by atoms with Gasteiger partial charge in [0.25, 0.3) is 5.56 Å². The van der Waals surface area contributed by atoms with E-state index in [0.29, 0.717) is 43.9 Å². The number of Topliss-reactive ketones (excluding diaryl/α,β-unsaturated/α-hetero) is 1. The van der Waals surface area contributed by atoms with E-state index in [1.165, 1.54) is 30.0 Å². The van der Waals surface area contributed by atoms with E-state index in [0.717, 1.165) is 4.88 Å². The number of tetrazole rings is 1. The van der Waals surface area contributed by atoms with Gasteiger partial charge < -0.3 is 4.98 Å². The number of ketones is 1. The van der Waals surface area contributed by atoms with Crippen LogP contribution in [0.15, 0.2) is 27.5 Å². The van der Waals surface area contributed by atoms with E-state index in [1.54, 1.807) is 22.9 Å². The van der Waals surface area contributed by atoms with Gasteiger partial charge in [0, 0.05) is 4.88 Å². The van der Waals surface area contributed by atoms with E-state index in [9.17, 15) is 9.59 Å². The third-order valence-electron chi connectivity index (χ3n) is 3.89. The first-order valence-corrected chi connectivity index (χ1v) is 10.7. The summed E-state index contributed by atoms with van der Waals surface area (Å²) < 4.78 is 1.72. The lowest BCUT2D eigenvalue weighted by Crippen LogP contribution is -2.11. The number of hydrogen-bond donors (Lipinski definition) is 1. The van der Waals surface area contributed by atoms with Crippen LogP contribution >= 0.6 is 34.4 Å². The summed E-state index contributed by atoms with van der Waals surface area (Å²) in [5.41, 5.74) is 0.463. The Hall–Kier alpha value is -2.37. The normalized spacial score (nSPS) is 11.3. The summed E-state index contributed by atoms with van der Waals surface area (Å²) in [6.45, 7) is 3.87. The highest BCUT2D eigenvalue weighted by Crippen LogP contribution is 2.28. The van der Waals surface area contributed by atoms with Crippen molar-refractivity contribution in [1.29, 1.82) is 0 Å². The van der Waals surface area contributed by atoms with Crippen LogP contribution < -0.4 is 5.56 Å². The molecule has 0 aliphatic carbocycles. The first-order chi connectivity index (χ1) is 13.0. The minimum atomic E-state index is -0.227. The van der Waals surface area contributed by atoms with Crippen LogP contribution in [0.4, 0.5) is 0 Å². The topological polar surface area (TPSA) is 106 Å². The Balaban J connectivity index is 1.57. The quantitative estimate of drug-likeness (QED) is 0.379. The van der Waals surface area contributed by atoms with Crippen LogP contribution in [0.2, 0.25) is 0 Å². The van der Waals surface area contributed by atoms with Crippen LogP contribution in [0, 0.1) is 6.92 Å². The zero-order valence-corrected chi connectivity index (χ0v) is 16.9. The molecule has 138 valence electrons. The Morgan fingerprint density at radius 1 is 1.41 bits per heavy atom. The lowest BCUT2D eigenvalue weighted by molar-refractivity contribution is 0.102. The molecule has 4 rings (SSSR count). The molecule has 0 radical (unpaired) electrons. The molecule has 0 fully saturated rings. The maximum absolute atomic E-state index is 12.4. The molecule has 0 aliphatic rings. The molecule has 4 aromatic heterocycles. The smallest absolute Gasteiger partial charge is 0.259 e. The van der Waals surface area contributed by atoms with Crippen molar-refractivity contribution in [2.45, 2.75) is 31.3 Å². The Kier molecular flexibility index (Phi) is 4.89. The van der Waals surface area contributed by atoms with Crippen molar-refractivity contribution in [3.8, 4) is 0 Å². The Bertz CT molecular complexity index is 1170. The van der Waals surface area contributed by atoms with E-state index in [-0.39, 0.29) is 11.3 Å². The first-order valence-electron chi connectivity index (χ1n) is 7.97. The Labute approximate surface area is 165 Å². The number of aryl methyl sites for hydroxylation is 1. The fourth-order valence-corrected chi connectivity index (χ4v) is 5.20. The van der Waals surface area contributed by atoms with Crippen molar-refractivity contribution in [2.24, 2.45) is 0 Å². The van der Waals surface area contributed by atoms with E-state index >= 15 is 0 Å². The van der Waals surface area contributed by atoms with Gasteiger partial charge >= 0.3 is 0 Å². The number of aromatic nitrogens is 6. The van der Waals surface area contributed by atoms with E-state index in [2.05, 4.69) is 25.5 Å². The fraction of sp³-hybridized carbons (Fsp3) is 0.250. The van der Waals surface area contributed by atoms with Crippen LogP contribution in [0.5, 0.6) is 0 Å². The maximum atomic E-state index is 12.4. The molecule has 0 saturated carbocycles. The van der Waals surface area contributed by atoms with Gasteiger partial charge in [0.1, 0.15) is 10.7 Å². The fourth-order valence-electron chi connectivity index (χ4n) is 2.67. The summed E-state index contributed by atoms with van der Waals surface area (Å²) in [6, 6.07) is 4.01. The number of rotatable bonds is 6. The second-order valence-corrected chi connectivity index (χ2v) is 8.77. The minimum absolute atomic E-state index is 0.0569. The zero-order chi connectivity index (χ0) is 19.0. The van der Waals surface area contributed by atoms with Gasteiger partial charge in [0.15, 0.2) is 5.78 Å². The molecular formula is C16H14N6O2S3. The predicted octanol–water partition coefficient (Wildman–Crippen LogP) is 2.88. The molecular weight excluding hydrogens is 404 g/mol. The Morgan fingerprint density at radius 2 is 2.26 bits per heavy atom. The molecule has 0 aliphatic heterocycles. The number of thiophene rings is 2. The van der Waals surface area contributed by atoms with Crippen LogP contribution in [-0.4, -0.2) is 36.0 Å². The molecule has 0 bridgehead atoms. The van der Waals surface area contributed by atoms with Gasteiger partial charge in [-0.15, -0.1) is 27.8 Å². The van der Waals surface area contributed by atoms with Crippen molar-refractivity contribution < 1.29 is 4.79 Å². The third kappa shape index (κ3) is 3.57. The van der Waals surface area contributed by atoms with Crippen molar-refractivity contribution in [3.05, 3.63) is 49.0 Å². The highest BCUT2D eigenvalue weighted by Gasteiger charge is 2.17. The highest BCUT2D eigenvalue weighted by atomic mass is 32.2. The maximum Gasteiger partial charge on any atom is 0.259 e. The molecule has 4 heterocycles. The Morgan fingerprint density at radius 3 is 3.00 bits per heavy atom. The van der Waals surface area contributed by atoms with Gasteiger partial charge in [-0.1, -0.05) is 17.8 Å². The van der Waals surface area contributed by atoms with Crippen LogP contribution in [0.25, 0.3) is 10.2 Å². The van der Waals surface area contributed by atoms with E-state index in [4.69, 9.17) is 0 Å². The number of carbonyl (C=O) groups excluding carboxylic acids is 1. The average Bonchev–Trinajstić information content (AvgIpc) is 3.35. The van der Waals surface area contributed by atoms with Crippen molar-refractivity contribution >= 4 is 50.4 Å². The predicted molar refractivity (Wildman–Crippen MR) is 106 cm³/mol. The van der Waals surface area contributed by atoms with Crippen molar-refractivity contribution in [3.63, 3.8) is 0 Å². The summed E-state index contributed by atoms with van der Waals surface area (Å²) in [6.07, 6.45) is 0. The number of nitrogens with one attached hydrogen (secondary N) is 1. The lowest BCUT2D eigenvalue weighted by atomic mass is 10.2. The van der Waals surface area contributed by atoms with Gasteiger partial charge in [-0.2, -0.15) is 0 Å². The summed E-state index contributed by atoms with van der Waals surface area (Å²) in [7, 11) is 0.